The smallest absolute Gasteiger partial charge is 0.139 e. The fraction of sp³-hybridized carbons (Fsp3) is 0.765. The predicted octanol–water partition coefficient (Wildman–Crippen LogP) is 4.38. The Labute approximate surface area is 137 Å². The Hall–Kier alpha value is -0.220. The fourth-order valence-electron chi connectivity index (χ4n) is 2.26. The van der Waals surface area contributed by atoms with Crippen LogP contribution in [-0.2, 0) is 9.59 Å². The zero-order valence-electron chi connectivity index (χ0n) is 13.7. The van der Waals surface area contributed by atoms with Crippen LogP contribution in [0.15, 0.2) is 12.2 Å². The van der Waals surface area contributed by atoms with Gasteiger partial charge >= 0.3 is 0 Å². The highest BCUT2D eigenvalue weighted by atomic mass is 32.2. The van der Waals surface area contributed by atoms with E-state index in [2.05, 4.69) is 26.0 Å². The Kier molecular flexibility index (Phi) is 7.55. The summed E-state index contributed by atoms with van der Waals surface area (Å²) in [6.07, 6.45) is 6.43. The molecular formula is C17H28O2S2. The highest BCUT2D eigenvalue weighted by Crippen LogP contribution is 2.34. The van der Waals surface area contributed by atoms with Crippen molar-refractivity contribution in [2.75, 3.05) is 23.0 Å². The van der Waals surface area contributed by atoms with Gasteiger partial charge < -0.3 is 0 Å². The molecule has 0 saturated carbocycles. The minimum Gasteiger partial charge on any atom is -0.299 e. The first kappa shape index (κ1) is 18.8. The van der Waals surface area contributed by atoms with Crippen LogP contribution in [0.2, 0.25) is 0 Å². The predicted molar refractivity (Wildman–Crippen MR) is 95.2 cm³/mol. The largest absolute Gasteiger partial charge is 0.299 e. The maximum atomic E-state index is 12.6. The van der Waals surface area contributed by atoms with Gasteiger partial charge in [0.05, 0.1) is 0 Å². The number of hydrogen-bond donors (Lipinski definition) is 0. The molecule has 0 spiro atoms. The lowest BCUT2D eigenvalue weighted by molar-refractivity contribution is -0.129. The van der Waals surface area contributed by atoms with Crippen molar-refractivity contribution in [1.29, 1.82) is 0 Å². The topological polar surface area (TPSA) is 34.1 Å². The van der Waals surface area contributed by atoms with Crippen molar-refractivity contribution < 1.29 is 9.59 Å². The third-order valence-electron chi connectivity index (χ3n) is 4.64. The van der Waals surface area contributed by atoms with Gasteiger partial charge in [-0.25, -0.2) is 0 Å². The van der Waals surface area contributed by atoms with E-state index in [4.69, 9.17) is 0 Å². The number of carbonyl (C=O) groups excluding carboxylic acids is 2. The quantitative estimate of drug-likeness (QED) is 0.704. The van der Waals surface area contributed by atoms with Crippen LogP contribution < -0.4 is 0 Å². The van der Waals surface area contributed by atoms with Crippen LogP contribution in [0.4, 0.5) is 0 Å². The lowest BCUT2D eigenvalue weighted by atomic mass is 9.77. The van der Waals surface area contributed by atoms with Crippen molar-refractivity contribution >= 4 is 35.1 Å². The third-order valence-corrected chi connectivity index (χ3v) is 7.18. The molecule has 0 N–H and O–H groups in total. The normalized spacial score (nSPS) is 34.4. The molecule has 1 aliphatic heterocycles. The summed E-state index contributed by atoms with van der Waals surface area (Å²) in [6.45, 7) is 7.84. The van der Waals surface area contributed by atoms with Crippen molar-refractivity contribution in [3.63, 3.8) is 0 Å². The van der Waals surface area contributed by atoms with Crippen LogP contribution in [-0.4, -0.2) is 34.6 Å². The second-order valence-corrected chi connectivity index (χ2v) is 8.52. The summed E-state index contributed by atoms with van der Waals surface area (Å²) in [5.41, 5.74) is -0.624. The molecule has 0 aliphatic carbocycles. The lowest BCUT2D eigenvalue weighted by Crippen LogP contribution is -2.34. The molecule has 0 amide bonds. The molecule has 0 aromatic carbocycles. The Morgan fingerprint density at radius 1 is 1.19 bits per heavy atom. The number of rotatable bonds is 2. The van der Waals surface area contributed by atoms with Crippen LogP contribution in [0.5, 0.6) is 0 Å². The molecule has 2 nitrogen and oxygen atoms in total. The van der Waals surface area contributed by atoms with Gasteiger partial charge in [-0.2, -0.15) is 23.5 Å². The van der Waals surface area contributed by atoms with Gasteiger partial charge in [0.1, 0.15) is 11.6 Å². The molecule has 1 heterocycles. The highest BCUT2D eigenvalue weighted by molar-refractivity contribution is 7.99. The summed E-state index contributed by atoms with van der Waals surface area (Å²) in [4.78, 5) is 24.6. The van der Waals surface area contributed by atoms with Gasteiger partial charge in [-0.15, -0.1) is 0 Å². The van der Waals surface area contributed by atoms with E-state index in [1.807, 2.05) is 18.7 Å². The molecule has 21 heavy (non-hydrogen) atoms. The van der Waals surface area contributed by atoms with E-state index in [1.165, 1.54) is 0 Å². The first-order valence-electron chi connectivity index (χ1n) is 7.69. The Bertz CT molecular complexity index is 406. The van der Waals surface area contributed by atoms with Crippen LogP contribution >= 0.6 is 23.5 Å². The van der Waals surface area contributed by atoms with Crippen LogP contribution in [0.1, 0.15) is 47.0 Å². The molecule has 1 aliphatic rings. The van der Waals surface area contributed by atoms with Crippen molar-refractivity contribution in [1.82, 2.24) is 0 Å². The molecule has 2 atom stereocenters. The van der Waals surface area contributed by atoms with Crippen molar-refractivity contribution in [2.24, 2.45) is 10.8 Å². The fourth-order valence-corrected chi connectivity index (χ4v) is 4.66. The van der Waals surface area contributed by atoms with Gasteiger partial charge in [0.25, 0.3) is 0 Å². The van der Waals surface area contributed by atoms with Gasteiger partial charge in [0.2, 0.25) is 0 Å². The average molecular weight is 329 g/mol. The molecule has 0 aromatic rings. The zero-order valence-corrected chi connectivity index (χ0v) is 15.4. The summed E-state index contributed by atoms with van der Waals surface area (Å²) < 4.78 is 0. The van der Waals surface area contributed by atoms with Crippen molar-refractivity contribution in [3.8, 4) is 0 Å². The first-order valence-corrected chi connectivity index (χ1v) is 10.00. The number of carbonyl (C=O) groups is 2. The monoisotopic (exact) mass is 328 g/mol. The summed E-state index contributed by atoms with van der Waals surface area (Å²) >= 11 is 3.62. The van der Waals surface area contributed by atoms with Gasteiger partial charge in [0, 0.05) is 40.3 Å². The molecule has 120 valence electrons. The minimum atomic E-state index is -0.371. The van der Waals surface area contributed by atoms with Crippen LogP contribution in [0.25, 0.3) is 0 Å². The second kappa shape index (κ2) is 8.42. The molecule has 0 radical (unpaired) electrons. The summed E-state index contributed by atoms with van der Waals surface area (Å²) in [6, 6.07) is 0. The molecule has 0 aromatic heterocycles. The molecule has 1 rings (SSSR count). The second-order valence-electron chi connectivity index (χ2n) is 6.46. The van der Waals surface area contributed by atoms with E-state index >= 15 is 0 Å². The van der Waals surface area contributed by atoms with E-state index < -0.39 is 0 Å². The first-order chi connectivity index (χ1) is 9.84. The Balaban J connectivity index is 2.88. The molecule has 0 saturated heterocycles. The third kappa shape index (κ3) is 5.48. The van der Waals surface area contributed by atoms with E-state index in [-0.39, 0.29) is 16.6 Å². The van der Waals surface area contributed by atoms with Gasteiger partial charge in [-0.1, -0.05) is 32.9 Å². The van der Waals surface area contributed by atoms with E-state index in [9.17, 15) is 9.59 Å². The number of ketones is 2. The van der Waals surface area contributed by atoms with E-state index in [0.717, 1.165) is 29.4 Å². The van der Waals surface area contributed by atoms with Crippen molar-refractivity contribution in [3.05, 3.63) is 12.2 Å². The highest BCUT2D eigenvalue weighted by Gasteiger charge is 2.35. The van der Waals surface area contributed by atoms with Gasteiger partial charge in [0.15, 0.2) is 0 Å². The standard InChI is InChI=1S/C17H28O2S2/c1-5-16(3)12-20-10-6-7-11-21-13-17(4,14(2)18)9-8-15(16)19/h6-7H,5,8-13H2,1-4H3/b7-6-/t16-,17-/m0/s1. The maximum Gasteiger partial charge on any atom is 0.139 e. The van der Waals surface area contributed by atoms with E-state index in [1.54, 1.807) is 18.7 Å². The molecule has 4 heteroatoms. The molecule has 0 unspecified atom stereocenters. The number of thioether (sulfide) groups is 2. The maximum absolute atomic E-state index is 12.6. The molecule has 0 bridgehead atoms. The average Bonchev–Trinajstić information content (AvgIpc) is 2.47. The number of hydrogen-bond acceptors (Lipinski definition) is 4. The number of Topliss-reactive ketones (excluding diaryl/α,β-unsaturated/α-hetero) is 2. The van der Waals surface area contributed by atoms with Crippen molar-refractivity contribution in [2.45, 2.75) is 47.0 Å². The summed E-state index contributed by atoms with van der Waals surface area (Å²) in [5, 5.41) is 0. The van der Waals surface area contributed by atoms with Gasteiger partial charge in [-0.05, 0) is 19.8 Å². The Morgan fingerprint density at radius 2 is 1.76 bits per heavy atom. The van der Waals surface area contributed by atoms with Crippen LogP contribution in [0.3, 0.4) is 0 Å². The molecular weight excluding hydrogens is 300 g/mol. The lowest BCUT2D eigenvalue weighted by Gasteiger charge is -2.30. The minimum absolute atomic E-state index is 0.203. The zero-order chi connectivity index (χ0) is 15.9. The van der Waals surface area contributed by atoms with Crippen LogP contribution in [0, 0.1) is 10.8 Å². The summed E-state index contributed by atoms with van der Waals surface area (Å²) in [5.74, 6) is 4.11. The van der Waals surface area contributed by atoms with E-state index in [0.29, 0.717) is 18.6 Å². The Morgan fingerprint density at radius 3 is 2.29 bits per heavy atom. The summed E-state index contributed by atoms with van der Waals surface area (Å²) in [7, 11) is 0. The SMILES string of the molecule is CC[C@@]1(C)CSC/C=C\CSC[C@@](C)(C(C)=O)CCC1=O. The molecule has 0 fully saturated rings. The van der Waals surface area contributed by atoms with Gasteiger partial charge in [-0.3, -0.25) is 9.59 Å².